The molecule has 0 saturated heterocycles. The Morgan fingerprint density at radius 1 is 1.29 bits per heavy atom. The molecule has 0 bridgehead atoms. The molecule has 0 N–H and O–H groups in total. The molecule has 4 rings (SSSR count). The predicted octanol–water partition coefficient (Wildman–Crippen LogP) is 4.41. The number of fused-ring (bicyclic) bond motifs is 1. The smallest absolute Gasteiger partial charge is 0.264 e. The molecular weight excluding hydrogens is 318 g/mol. The van der Waals surface area contributed by atoms with E-state index in [0.717, 1.165) is 39.3 Å². The number of carbonyl (C=O) groups is 1. The topological polar surface area (TPSA) is 38.1 Å². The first-order valence-corrected chi connectivity index (χ1v) is 9.25. The van der Waals surface area contributed by atoms with Crippen LogP contribution in [-0.2, 0) is 0 Å². The van der Waals surface area contributed by atoms with Crippen LogP contribution >= 0.6 is 11.3 Å². The molecule has 1 saturated carbocycles. The van der Waals surface area contributed by atoms with Crippen LogP contribution in [0.1, 0.15) is 42.1 Å². The van der Waals surface area contributed by atoms with E-state index in [9.17, 15) is 4.79 Å². The van der Waals surface area contributed by atoms with Crippen LogP contribution in [0, 0.1) is 6.92 Å². The van der Waals surface area contributed by atoms with Gasteiger partial charge in [-0.15, -0.1) is 11.3 Å². The fourth-order valence-corrected chi connectivity index (χ4v) is 4.33. The molecule has 0 aliphatic heterocycles. The molecule has 0 radical (unpaired) electrons. The van der Waals surface area contributed by atoms with Crippen molar-refractivity contribution < 1.29 is 4.79 Å². The second-order valence-corrected chi connectivity index (χ2v) is 7.73. The van der Waals surface area contributed by atoms with Gasteiger partial charge in [-0.1, -0.05) is 18.2 Å². The Hall–Kier alpha value is -2.14. The van der Waals surface area contributed by atoms with Crippen molar-refractivity contribution in [2.75, 3.05) is 0 Å². The van der Waals surface area contributed by atoms with Crippen LogP contribution in [0.2, 0.25) is 0 Å². The van der Waals surface area contributed by atoms with E-state index >= 15 is 0 Å². The zero-order chi connectivity index (χ0) is 16.8. The highest BCUT2D eigenvalue weighted by Crippen LogP contribution is 2.35. The quantitative estimate of drug-likeness (QED) is 0.706. The van der Waals surface area contributed by atoms with Gasteiger partial charge < -0.3 is 4.90 Å². The number of thiophene rings is 1. The lowest BCUT2D eigenvalue weighted by Crippen LogP contribution is -2.38. The third-order valence-electron chi connectivity index (χ3n) is 4.49. The van der Waals surface area contributed by atoms with Crippen molar-refractivity contribution in [1.29, 1.82) is 0 Å². The van der Waals surface area contributed by atoms with Crippen molar-refractivity contribution in [3.05, 3.63) is 47.0 Å². The van der Waals surface area contributed by atoms with Gasteiger partial charge >= 0.3 is 0 Å². The second kappa shape index (κ2) is 5.74. The first-order valence-electron chi connectivity index (χ1n) is 8.43. The average molecular weight is 339 g/mol. The summed E-state index contributed by atoms with van der Waals surface area (Å²) in [6.45, 7) is 6.20. The number of hydrogen-bond acceptors (Lipinski definition) is 3. The summed E-state index contributed by atoms with van der Waals surface area (Å²) in [5, 5.41) is 5.73. The molecule has 0 atom stereocenters. The van der Waals surface area contributed by atoms with E-state index in [2.05, 4.69) is 18.9 Å². The summed E-state index contributed by atoms with van der Waals surface area (Å²) in [5.74, 6) is 0.160. The molecule has 1 aliphatic rings. The van der Waals surface area contributed by atoms with Gasteiger partial charge in [0.25, 0.3) is 5.91 Å². The number of para-hydroxylation sites is 1. The molecule has 1 aromatic carbocycles. The minimum atomic E-state index is 0.160. The molecule has 4 nitrogen and oxygen atoms in total. The molecule has 2 heterocycles. The number of benzene rings is 1. The van der Waals surface area contributed by atoms with Crippen LogP contribution < -0.4 is 0 Å². The largest absolute Gasteiger partial charge is 0.333 e. The van der Waals surface area contributed by atoms with Gasteiger partial charge in [-0.3, -0.25) is 4.79 Å². The van der Waals surface area contributed by atoms with Crippen LogP contribution in [0.3, 0.4) is 0 Å². The number of nitrogens with zero attached hydrogens (tertiary/aromatic N) is 3. The molecule has 24 heavy (non-hydrogen) atoms. The van der Waals surface area contributed by atoms with Gasteiger partial charge in [0.2, 0.25) is 0 Å². The van der Waals surface area contributed by atoms with Crippen molar-refractivity contribution in [3.63, 3.8) is 0 Å². The summed E-state index contributed by atoms with van der Waals surface area (Å²) in [4.78, 5) is 16.9. The van der Waals surface area contributed by atoms with Crippen LogP contribution in [0.4, 0.5) is 0 Å². The molecule has 2 aromatic heterocycles. The van der Waals surface area contributed by atoms with Crippen LogP contribution in [0.5, 0.6) is 0 Å². The summed E-state index contributed by atoms with van der Waals surface area (Å²) in [5.41, 5.74) is 1.99. The molecule has 124 valence electrons. The highest BCUT2D eigenvalue weighted by atomic mass is 32.1. The van der Waals surface area contributed by atoms with Crippen molar-refractivity contribution in [2.45, 2.75) is 45.7 Å². The Kier molecular flexibility index (Phi) is 3.68. The maximum absolute atomic E-state index is 13.0. The Labute approximate surface area is 145 Å². The zero-order valence-electron chi connectivity index (χ0n) is 14.2. The monoisotopic (exact) mass is 339 g/mol. The number of hydrogen-bond donors (Lipinski definition) is 0. The fraction of sp³-hybridized carbons (Fsp3) is 0.368. The lowest BCUT2D eigenvalue weighted by atomic mass is 10.2. The van der Waals surface area contributed by atoms with E-state index < -0.39 is 0 Å². The van der Waals surface area contributed by atoms with Crippen molar-refractivity contribution in [3.8, 4) is 5.69 Å². The van der Waals surface area contributed by atoms with Gasteiger partial charge in [-0.2, -0.15) is 5.10 Å². The number of aromatic nitrogens is 2. The average Bonchev–Trinajstić information content (AvgIpc) is 3.20. The van der Waals surface area contributed by atoms with Gasteiger partial charge in [0.1, 0.15) is 4.83 Å². The van der Waals surface area contributed by atoms with Gasteiger partial charge in [0.15, 0.2) is 0 Å². The Balaban J connectivity index is 1.77. The van der Waals surface area contributed by atoms with E-state index in [4.69, 9.17) is 0 Å². The van der Waals surface area contributed by atoms with Crippen LogP contribution in [0.25, 0.3) is 15.9 Å². The van der Waals surface area contributed by atoms with Crippen molar-refractivity contribution in [2.24, 2.45) is 0 Å². The molecule has 0 unspecified atom stereocenters. The summed E-state index contributed by atoms with van der Waals surface area (Å²) in [6, 6.07) is 12.8. The third-order valence-corrected chi connectivity index (χ3v) is 5.59. The minimum absolute atomic E-state index is 0.160. The highest BCUT2D eigenvalue weighted by molar-refractivity contribution is 7.20. The molecule has 1 fully saturated rings. The van der Waals surface area contributed by atoms with Gasteiger partial charge in [-0.05, 0) is 51.8 Å². The second-order valence-electron chi connectivity index (χ2n) is 6.70. The molecule has 0 spiro atoms. The Bertz CT molecular complexity index is 888. The predicted molar refractivity (Wildman–Crippen MR) is 98.0 cm³/mol. The lowest BCUT2D eigenvalue weighted by molar-refractivity contribution is 0.0695. The maximum atomic E-state index is 13.0. The van der Waals surface area contributed by atoms with Crippen LogP contribution in [0.15, 0.2) is 36.4 Å². The Morgan fingerprint density at radius 2 is 2.00 bits per heavy atom. The summed E-state index contributed by atoms with van der Waals surface area (Å²) >= 11 is 1.55. The maximum Gasteiger partial charge on any atom is 0.264 e. The Morgan fingerprint density at radius 3 is 2.62 bits per heavy atom. The van der Waals surface area contributed by atoms with Crippen molar-refractivity contribution in [1.82, 2.24) is 14.7 Å². The number of carbonyl (C=O) groups excluding carboxylic acids is 1. The third kappa shape index (κ3) is 2.53. The summed E-state index contributed by atoms with van der Waals surface area (Å²) < 4.78 is 1.95. The molecule has 1 aliphatic carbocycles. The summed E-state index contributed by atoms with van der Waals surface area (Å²) in [6.07, 6.45) is 2.26. The van der Waals surface area contributed by atoms with E-state index in [-0.39, 0.29) is 11.9 Å². The summed E-state index contributed by atoms with van der Waals surface area (Å²) in [7, 11) is 0. The van der Waals surface area contributed by atoms with E-state index in [1.54, 1.807) is 11.3 Å². The standard InChI is InChI=1S/C19H21N3OS/c1-12(2)21(14-9-10-14)18(23)17-11-16-13(3)20-22(19(16)24-17)15-7-5-4-6-8-15/h4-8,11-12,14H,9-10H2,1-3H3. The van der Waals surface area contributed by atoms with Crippen LogP contribution in [-0.4, -0.2) is 32.7 Å². The number of amides is 1. The number of aryl methyl sites for hydroxylation is 1. The molecule has 3 aromatic rings. The minimum Gasteiger partial charge on any atom is -0.333 e. The number of rotatable bonds is 4. The van der Waals surface area contributed by atoms with Gasteiger partial charge in [-0.25, -0.2) is 4.68 Å². The zero-order valence-corrected chi connectivity index (χ0v) is 15.0. The molecule has 1 amide bonds. The first-order chi connectivity index (χ1) is 11.6. The van der Waals surface area contributed by atoms with E-state index in [0.29, 0.717) is 6.04 Å². The van der Waals surface area contributed by atoms with Crippen molar-refractivity contribution >= 4 is 27.5 Å². The first kappa shape index (κ1) is 15.4. The SMILES string of the molecule is Cc1nn(-c2ccccc2)c2sc(C(=O)N(C(C)C)C3CC3)cc12. The van der Waals surface area contributed by atoms with E-state index in [1.165, 1.54) is 0 Å². The van der Waals surface area contributed by atoms with Gasteiger partial charge in [0, 0.05) is 17.5 Å². The molecular formula is C19H21N3OS. The van der Waals surface area contributed by atoms with E-state index in [1.807, 2.05) is 52.9 Å². The van der Waals surface area contributed by atoms with Gasteiger partial charge in [0.05, 0.1) is 16.3 Å². The molecule has 5 heteroatoms. The highest BCUT2D eigenvalue weighted by Gasteiger charge is 2.35. The lowest BCUT2D eigenvalue weighted by Gasteiger charge is -2.26. The normalized spacial score (nSPS) is 14.5. The fourth-order valence-electron chi connectivity index (χ4n) is 3.20.